The first-order chi connectivity index (χ1) is 12.9. The second-order valence-electron chi connectivity index (χ2n) is 8.76. The van der Waals surface area contributed by atoms with Gasteiger partial charge in [0.1, 0.15) is 0 Å². The second-order valence-corrected chi connectivity index (χ2v) is 8.76. The highest BCUT2D eigenvalue weighted by molar-refractivity contribution is 5.45. The van der Waals surface area contributed by atoms with Crippen molar-refractivity contribution in [3.63, 3.8) is 0 Å². The summed E-state index contributed by atoms with van der Waals surface area (Å²) in [6.45, 7) is 12.3. The lowest BCUT2D eigenvalue weighted by molar-refractivity contribution is -0.158. The van der Waals surface area contributed by atoms with Crippen LogP contribution in [0.15, 0.2) is 18.3 Å². The molecule has 0 bridgehead atoms. The molecule has 3 fully saturated rings. The van der Waals surface area contributed by atoms with Crippen LogP contribution in [0.5, 0.6) is 0 Å². The number of hydrogen-bond donors (Lipinski definition) is 0. The van der Waals surface area contributed by atoms with E-state index in [1.54, 1.807) is 0 Å². The maximum absolute atomic E-state index is 6.64. The van der Waals surface area contributed by atoms with E-state index in [4.69, 9.17) is 19.2 Å². The zero-order valence-corrected chi connectivity index (χ0v) is 17.2. The van der Waals surface area contributed by atoms with Gasteiger partial charge in [-0.15, -0.1) is 0 Å². The Kier molecular flexibility index (Phi) is 5.18. The summed E-state index contributed by atoms with van der Waals surface area (Å²) in [5.41, 5.74) is 1.91. The maximum Gasteiger partial charge on any atom is 0.154 e. The molecule has 150 valence electrons. The number of rotatable bonds is 3. The van der Waals surface area contributed by atoms with Gasteiger partial charge < -0.3 is 19.1 Å². The average Bonchev–Trinajstić information content (AvgIpc) is 2.94. The molecule has 3 saturated heterocycles. The monoisotopic (exact) mass is 375 g/mol. The molecule has 0 aromatic carbocycles. The Morgan fingerprint density at radius 1 is 1.22 bits per heavy atom. The molecule has 5 unspecified atom stereocenters. The van der Waals surface area contributed by atoms with Crippen molar-refractivity contribution in [1.29, 1.82) is 0 Å². The number of aromatic nitrogens is 1. The molecule has 4 rings (SSSR count). The molecule has 0 radical (unpaired) electrons. The Balaban J connectivity index is 1.53. The summed E-state index contributed by atoms with van der Waals surface area (Å²) in [6.07, 6.45) is 3.14. The third-order valence-electron chi connectivity index (χ3n) is 6.40. The normalized spacial score (nSPS) is 37.6. The molecule has 0 aliphatic carbocycles. The second kappa shape index (κ2) is 7.32. The zero-order valence-electron chi connectivity index (χ0n) is 17.2. The van der Waals surface area contributed by atoms with Crippen molar-refractivity contribution >= 4 is 5.69 Å². The van der Waals surface area contributed by atoms with Crippen LogP contribution in [0.4, 0.5) is 5.69 Å². The quantitative estimate of drug-likeness (QED) is 0.810. The number of pyridine rings is 1. The van der Waals surface area contributed by atoms with Crippen LogP contribution >= 0.6 is 0 Å². The molecule has 0 saturated carbocycles. The number of anilines is 1. The van der Waals surface area contributed by atoms with Gasteiger partial charge in [0.2, 0.25) is 0 Å². The molecule has 27 heavy (non-hydrogen) atoms. The Morgan fingerprint density at radius 2 is 1.96 bits per heavy atom. The van der Waals surface area contributed by atoms with E-state index in [1.807, 2.05) is 6.20 Å². The van der Waals surface area contributed by atoms with E-state index in [0.29, 0.717) is 5.92 Å². The first kappa shape index (κ1) is 19.1. The fraction of sp³-hybridized carbons (Fsp3) is 0.762. The largest absolute Gasteiger partial charge is 0.378 e. The smallest absolute Gasteiger partial charge is 0.154 e. The summed E-state index contributed by atoms with van der Waals surface area (Å²) >= 11 is 0. The lowest BCUT2D eigenvalue weighted by Crippen LogP contribution is -2.57. The van der Waals surface area contributed by atoms with E-state index in [-0.39, 0.29) is 30.1 Å². The van der Waals surface area contributed by atoms with Crippen LogP contribution in [0, 0.1) is 5.92 Å². The molecule has 6 heteroatoms. The first-order valence-electron chi connectivity index (χ1n) is 10.2. The lowest BCUT2D eigenvalue weighted by atomic mass is 9.81. The molecule has 3 aliphatic heterocycles. The highest BCUT2D eigenvalue weighted by Crippen LogP contribution is 2.47. The van der Waals surface area contributed by atoms with Gasteiger partial charge in [0.25, 0.3) is 0 Å². The fourth-order valence-electron chi connectivity index (χ4n) is 4.99. The van der Waals surface area contributed by atoms with Crippen molar-refractivity contribution in [2.75, 3.05) is 38.3 Å². The lowest BCUT2D eigenvalue weighted by Gasteiger charge is -2.45. The average molecular weight is 376 g/mol. The van der Waals surface area contributed by atoms with Crippen molar-refractivity contribution in [3.8, 4) is 0 Å². The summed E-state index contributed by atoms with van der Waals surface area (Å²) in [5, 5.41) is 0. The summed E-state index contributed by atoms with van der Waals surface area (Å²) in [4.78, 5) is 9.39. The Bertz CT molecular complexity index is 647. The van der Waals surface area contributed by atoms with Gasteiger partial charge in [-0.2, -0.15) is 0 Å². The number of hydrogen-bond acceptors (Lipinski definition) is 6. The minimum absolute atomic E-state index is 0.129. The molecule has 1 aromatic heterocycles. The fourth-order valence-corrected chi connectivity index (χ4v) is 4.99. The molecule has 1 aromatic rings. The van der Waals surface area contributed by atoms with Gasteiger partial charge in [-0.1, -0.05) is 13.8 Å². The molecule has 6 nitrogen and oxygen atoms in total. The van der Waals surface area contributed by atoms with Crippen molar-refractivity contribution in [2.45, 2.75) is 64.2 Å². The van der Waals surface area contributed by atoms with Gasteiger partial charge in [0, 0.05) is 19.5 Å². The van der Waals surface area contributed by atoms with Crippen molar-refractivity contribution < 1.29 is 14.2 Å². The molecule has 4 heterocycles. The summed E-state index contributed by atoms with van der Waals surface area (Å²) in [7, 11) is 2.13. The van der Waals surface area contributed by atoms with E-state index in [2.05, 4.69) is 56.7 Å². The van der Waals surface area contributed by atoms with Crippen molar-refractivity contribution in [3.05, 3.63) is 24.0 Å². The van der Waals surface area contributed by atoms with Gasteiger partial charge >= 0.3 is 0 Å². The first-order valence-corrected chi connectivity index (χ1v) is 10.2. The van der Waals surface area contributed by atoms with Crippen LogP contribution < -0.4 is 4.90 Å². The predicted molar refractivity (Wildman–Crippen MR) is 105 cm³/mol. The number of likely N-dealkylation sites (N-methyl/N-ethyl adjacent to an activating group) is 1. The van der Waals surface area contributed by atoms with Gasteiger partial charge in [-0.3, -0.25) is 9.88 Å². The van der Waals surface area contributed by atoms with Crippen LogP contribution in [0.1, 0.15) is 46.0 Å². The van der Waals surface area contributed by atoms with Crippen LogP contribution in [0.25, 0.3) is 0 Å². The van der Waals surface area contributed by atoms with Crippen LogP contribution in [0.3, 0.4) is 0 Å². The maximum atomic E-state index is 6.64. The molecule has 3 aliphatic rings. The minimum atomic E-state index is -0.212. The number of ether oxygens (including phenoxy) is 3. The van der Waals surface area contributed by atoms with E-state index in [9.17, 15) is 0 Å². The molecule has 0 amide bonds. The third-order valence-corrected chi connectivity index (χ3v) is 6.40. The minimum Gasteiger partial charge on any atom is -0.378 e. The Hall–Kier alpha value is -1.21. The summed E-state index contributed by atoms with van der Waals surface area (Å²) < 4.78 is 18.4. The SMILES string of the molecule is CC(C)C1CC2(C)OC(c3ccc(N4CCOCC4)cn3)N(C)C2C(C)O1. The predicted octanol–water partition coefficient (Wildman–Crippen LogP) is 2.84. The number of morpholine rings is 1. The van der Waals surface area contributed by atoms with Crippen molar-refractivity contribution in [1.82, 2.24) is 9.88 Å². The van der Waals surface area contributed by atoms with Crippen molar-refractivity contribution in [2.24, 2.45) is 5.92 Å². The summed E-state index contributed by atoms with van der Waals surface area (Å²) in [6, 6.07) is 4.50. The van der Waals surface area contributed by atoms with Crippen LogP contribution in [0.2, 0.25) is 0 Å². The standard InChI is InChI=1S/C21H33N3O3/c1-14(2)18-12-21(4)19(15(3)26-18)23(5)20(27-21)17-7-6-16(13-22-17)24-8-10-25-11-9-24/h6-7,13-15,18-20H,8-12H2,1-5H3. The van der Waals surface area contributed by atoms with E-state index >= 15 is 0 Å². The van der Waals surface area contributed by atoms with Gasteiger partial charge in [-0.25, -0.2) is 0 Å². The third kappa shape index (κ3) is 3.48. The highest BCUT2D eigenvalue weighted by atomic mass is 16.6. The van der Waals surface area contributed by atoms with E-state index in [0.717, 1.165) is 44.1 Å². The zero-order chi connectivity index (χ0) is 19.2. The molecular weight excluding hydrogens is 342 g/mol. The van der Waals surface area contributed by atoms with Crippen LogP contribution in [-0.2, 0) is 14.2 Å². The molecule has 5 atom stereocenters. The van der Waals surface area contributed by atoms with Gasteiger partial charge in [0.05, 0.1) is 54.6 Å². The van der Waals surface area contributed by atoms with Crippen LogP contribution in [-0.4, -0.2) is 67.1 Å². The van der Waals surface area contributed by atoms with Gasteiger partial charge in [0.15, 0.2) is 6.23 Å². The summed E-state index contributed by atoms with van der Waals surface area (Å²) in [5.74, 6) is 0.490. The molecule has 0 spiro atoms. The Morgan fingerprint density at radius 3 is 2.59 bits per heavy atom. The molecule has 0 N–H and O–H groups in total. The topological polar surface area (TPSA) is 47.1 Å². The Labute approximate surface area is 162 Å². The molecular formula is C21H33N3O3. The van der Waals surface area contributed by atoms with E-state index < -0.39 is 0 Å². The van der Waals surface area contributed by atoms with E-state index in [1.165, 1.54) is 0 Å². The number of fused-ring (bicyclic) bond motifs is 1. The van der Waals surface area contributed by atoms with Gasteiger partial charge in [-0.05, 0) is 38.9 Å². The highest BCUT2D eigenvalue weighted by Gasteiger charge is 2.56. The number of nitrogens with zero attached hydrogens (tertiary/aromatic N) is 3.